The van der Waals surface area contributed by atoms with Crippen LogP contribution in [0.4, 0.5) is 0 Å². The highest BCUT2D eigenvalue weighted by atomic mass is 14.3. The molecular weight excluding hydrogens is 326 g/mol. The summed E-state index contributed by atoms with van der Waals surface area (Å²) in [5, 5.41) is 8.95. The molecule has 2 fully saturated rings. The molecule has 0 saturated heterocycles. The molecule has 0 aliphatic heterocycles. The summed E-state index contributed by atoms with van der Waals surface area (Å²) in [4.78, 5) is 0. The maximum Gasteiger partial charge on any atom is 0.0991 e. The Morgan fingerprint density at radius 2 is 1.59 bits per heavy atom. The van der Waals surface area contributed by atoms with Gasteiger partial charge in [-0.1, -0.05) is 69.2 Å². The standard InChI is InChI=1S/C26H37N/c1-2-3-4-5-21-6-8-22(9-7-21)10-11-23-12-16-25(17-13-23)26-18-14-24(20-27)15-19-26/h11,14-15,18-19,21-22,25H,2-10,12-13,16-17H2,1H3. The lowest BCUT2D eigenvalue weighted by molar-refractivity contribution is 0.259. The van der Waals surface area contributed by atoms with Gasteiger partial charge in [0.25, 0.3) is 0 Å². The molecule has 0 spiro atoms. The van der Waals surface area contributed by atoms with Crippen LogP contribution in [0.25, 0.3) is 0 Å². The molecule has 0 unspecified atom stereocenters. The van der Waals surface area contributed by atoms with E-state index in [9.17, 15) is 0 Å². The minimum Gasteiger partial charge on any atom is -0.192 e. The lowest BCUT2D eigenvalue weighted by Gasteiger charge is -2.29. The van der Waals surface area contributed by atoms with Gasteiger partial charge in [-0.25, -0.2) is 0 Å². The minimum atomic E-state index is 0.688. The molecule has 0 atom stereocenters. The molecular formula is C26H37N. The fourth-order valence-electron chi connectivity index (χ4n) is 5.13. The molecule has 1 aromatic rings. The van der Waals surface area contributed by atoms with Crippen molar-refractivity contribution in [2.24, 2.45) is 11.8 Å². The first kappa shape index (κ1) is 20.2. The van der Waals surface area contributed by atoms with Crippen LogP contribution in [0.15, 0.2) is 35.9 Å². The number of allylic oxidation sites excluding steroid dienone is 2. The molecule has 0 radical (unpaired) electrons. The average molecular weight is 364 g/mol. The van der Waals surface area contributed by atoms with E-state index in [1.807, 2.05) is 12.1 Å². The van der Waals surface area contributed by atoms with Gasteiger partial charge in [0, 0.05) is 0 Å². The molecule has 1 aromatic carbocycles. The number of hydrogen-bond acceptors (Lipinski definition) is 1. The molecule has 2 saturated carbocycles. The summed E-state index contributed by atoms with van der Waals surface area (Å²) in [6.45, 7) is 2.31. The quantitative estimate of drug-likeness (QED) is 0.356. The zero-order valence-corrected chi connectivity index (χ0v) is 17.3. The van der Waals surface area contributed by atoms with Crippen LogP contribution >= 0.6 is 0 Å². The van der Waals surface area contributed by atoms with Crippen LogP contribution in [-0.2, 0) is 0 Å². The zero-order chi connectivity index (χ0) is 18.9. The Morgan fingerprint density at radius 1 is 0.926 bits per heavy atom. The van der Waals surface area contributed by atoms with Crippen LogP contribution in [0.1, 0.15) is 107 Å². The SMILES string of the molecule is CCCCCC1CCC(CC=C2CCC(c3ccc(C#N)cc3)CC2)CC1. The molecule has 2 aliphatic carbocycles. The van der Waals surface area contributed by atoms with E-state index in [0.29, 0.717) is 5.92 Å². The number of nitrogens with zero attached hydrogens (tertiary/aromatic N) is 1. The van der Waals surface area contributed by atoms with Crippen molar-refractivity contribution in [3.8, 4) is 6.07 Å². The van der Waals surface area contributed by atoms with Crippen LogP contribution < -0.4 is 0 Å². The van der Waals surface area contributed by atoms with Gasteiger partial charge in [-0.2, -0.15) is 5.26 Å². The molecule has 146 valence electrons. The van der Waals surface area contributed by atoms with E-state index in [1.165, 1.54) is 89.0 Å². The molecule has 1 nitrogen and oxygen atoms in total. The van der Waals surface area contributed by atoms with Crippen LogP contribution in [0.2, 0.25) is 0 Å². The predicted octanol–water partition coefficient (Wildman–Crippen LogP) is 7.92. The van der Waals surface area contributed by atoms with E-state index in [-0.39, 0.29) is 0 Å². The highest BCUT2D eigenvalue weighted by Crippen LogP contribution is 2.38. The molecule has 0 bridgehead atoms. The van der Waals surface area contributed by atoms with Crippen LogP contribution in [0.3, 0.4) is 0 Å². The first-order valence-corrected chi connectivity index (χ1v) is 11.5. The van der Waals surface area contributed by atoms with Crippen molar-refractivity contribution in [1.82, 2.24) is 0 Å². The Balaban J connectivity index is 1.37. The minimum absolute atomic E-state index is 0.688. The van der Waals surface area contributed by atoms with Gasteiger partial charge in [0.2, 0.25) is 0 Å². The smallest absolute Gasteiger partial charge is 0.0991 e. The Hall–Kier alpha value is -1.55. The average Bonchev–Trinajstić information content (AvgIpc) is 2.74. The van der Waals surface area contributed by atoms with Gasteiger partial charge >= 0.3 is 0 Å². The molecule has 0 amide bonds. The monoisotopic (exact) mass is 363 g/mol. The van der Waals surface area contributed by atoms with E-state index in [0.717, 1.165) is 17.4 Å². The molecule has 2 aliphatic rings. The van der Waals surface area contributed by atoms with Gasteiger partial charge in [-0.15, -0.1) is 0 Å². The van der Waals surface area contributed by atoms with Crippen molar-refractivity contribution < 1.29 is 0 Å². The predicted molar refractivity (Wildman–Crippen MR) is 115 cm³/mol. The highest BCUT2D eigenvalue weighted by Gasteiger charge is 2.21. The van der Waals surface area contributed by atoms with Gasteiger partial charge in [-0.05, 0) is 80.4 Å². The normalized spacial score (nSPS) is 25.8. The number of unbranched alkanes of at least 4 members (excludes halogenated alkanes) is 2. The Labute approximate surface area is 166 Å². The first-order valence-electron chi connectivity index (χ1n) is 11.5. The van der Waals surface area contributed by atoms with Crippen LogP contribution in [0.5, 0.6) is 0 Å². The van der Waals surface area contributed by atoms with E-state index < -0.39 is 0 Å². The third kappa shape index (κ3) is 6.24. The second-order valence-corrected chi connectivity index (χ2v) is 8.99. The first-order chi connectivity index (χ1) is 13.3. The van der Waals surface area contributed by atoms with E-state index in [1.54, 1.807) is 5.57 Å². The molecule has 1 heteroatoms. The summed E-state index contributed by atoms with van der Waals surface area (Å²) in [6.07, 6.45) is 20.7. The van der Waals surface area contributed by atoms with Gasteiger partial charge in [-0.3, -0.25) is 0 Å². The Bertz CT molecular complexity index is 615. The van der Waals surface area contributed by atoms with Crippen molar-refractivity contribution in [3.05, 3.63) is 47.0 Å². The van der Waals surface area contributed by atoms with Crippen molar-refractivity contribution >= 4 is 0 Å². The number of benzene rings is 1. The fourth-order valence-corrected chi connectivity index (χ4v) is 5.13. The van der Waals surface area contributed by atoms with Crippen molar-refractivity contribution in [1.29, 1.82) is 5.26 Å². The zero-order valence-electron chi connectivity index (χ0n) is 17.3. The summed E-state index contributed by atoms with van der Waals surface area (Å²) in [6, 6.07) is 10.5. The summed E-state index contributed by atoms with van der Waals surface area (Å²) in [5.74, 6) is 2.67. The van der Waals surface area contributed by atoms with Crippen LogP contribution in [0, 0.1) is 23.2 Å². The molecule has 0 N–H and O–H groups in total. The van der Waals surface area contributed by atoms with Crippen molar-refractivity contribution in [2.75, 3.05) is 0 Å². The van der Waals surface area contributed by atoms with Gasteiger partial charge in [0.1, 0.15) is 0 Å². The third-order valence-corrected chi connectivity index (χ3v) is 7.06. The lowest BCUT2D eigenvalue weighted by Crippen LogP contribution is -2.14. The summed E-state index contributed by atoms with van der Waals surface area (Å²) < 4.78 is 0. The number of nitriles is 1. The second-order valence-electron chi connectivity index (χ2n) is 8.99. The Morgan fingerprint density at radius 3 is 2.22 bits per heavy atom. The molecule has 0 heterocycles. The van der Waals surface area contributed by atoms with Gasteiger partial charge < -0.3 is 0 Å². The van der Waals surface area contributed by atoms with Crippen LogP contribution in [-0.4, -0.2) is 0 Å². The van der Waals surface area contributed by atoms with Crippen molar-refractivity contribution in [2.45, 2.75) is 96.3 Å². The second kappa shape index (κ2) is 10.7. The van der Waals surface area contributed by atoms with Gasteiger partial charge in [0.05, 0.1) is 11.6 Å². The number of hydrogen-bond donors (Lipinski definition) is 0. The Kier molecular flexibility index (Phi) is 8.00. The molecule has 27 heavy (non-hydrogen) atoms. The third-order valence-electron chi connectivity index (χ3n) is 7.06. The lowest BCUT2D eigenvalue weighted by atomic mass is 9.77. The van der Waals surface area contributed by atoms with E-state index in [2.05, 4.69) is 31.2 Å². The van der Waals surface area contributed by atoms with E-state index >= 15 is 0 Å². The van der Waals surface area contributed by atoms with Gasteiger partial charge in [0.15, 0.2) is 0 Å². The molecule has 3 rings (SSSR count). The maximum atomic E-state index is 8.95. The molecule has 0 aromatic heterocycles. The number of rotatable bonds is 7. The fraction of sp³-hybridized carbons (Fsp3) is 0.654. The highest BCUT2D eigenvalue weighted by molar-refractivity contribution is 5.33. The summed E-state index contributed by atoms with van der Waals surface area (Å²) >= 11 is 0. The summed E-state index contributed by atoms with van der Waals surface area (Å²) in [5.41, 5.74) is 3.91. The summed E-state index contributed by atoms with van der Waals surface area (Å²) in [7, 11) is 0. The van der Waals surface area contributed by atoms with Crippen molar-refractivity contribution in [3.63, 3.8) is 0 Å². The maximum absolute atomic E-state index is 8.95. The van der Waals surface area contributed by atoms with E-state index in [4.69, 9.17) is 5.26 Å². The largest absolute Gasteiger partial charge is 0.192 e. The topological polar surface area (TPSA) is 23.8 Å².